The van der Waals surface area contributed by atoms with E-state index in [9.17, 15) is 13.6 Å². The van der Waals surface area contributed by atoms with E-state index in [0.29, 0.717) is 19.2 Å². The van der Waals surface area contributed by atoms with Gasteiger partial charge in [0.25, 0.3) is 5.91 Å². The maximum atomic E-state index is 13.3. The lowest BCUT2D eigenvalue weighted by atomic mass is 10.1. The number of hydrogen-bond donors (Lipinski definition) is 2. The third kappa shape index (κ3) is 2.61. The standard InChI is InChI=1S/C12H14F2N2O/c13-8-1-2-9(10(14)5-8)11(17)16-7-12(6-15)3-4-12/h1-2,5H,3-4,6-7,15H2,(H,16,17). The van der Waals surface area contributed by atoms with Crippen molar-refractivity contribution in [3.63, 3.8) is 0 Å². The fourth-order valence-corrected chi connectivity index (χ4v) is 1.67. The molecule has 0 radical (unpaired) electrons. The molecule has 0 atom stereocenters. The Morgan fingerprint density at radius 1 is 1.41 bits per heavy atom. The molecule has 1 saturated carbocycles. The van der Waals surface area contributed by atoms with E-state index in [2.05, 4.69) is 5.32 Å². The van der Waals surface area contributed by atoms with Gasteiger partial charge in [0.15, 0.2) is 0 Å². The minimum Gasteiger partial charge on any atom is -0.351 e. The highest BCUT2D eigenvalue weighted by Gasteiger charge is 2.41. The van der Waals surface area contributed by atoms with Gasteiger partial charge in [-0.2, -0.15) is 0 Å². The van der Waals surface area contributed by atoms with Gasteiger partial charge in [0, 0.05) is 18.0 Å². The maximum absolute atomic E-state index is 13.3. The fourth-order valence-electron chi connectivity index (χ4n) is 1.67. The van der Waals surface area contributed by atoms with Crippen LogP contribution < -0.4 is 11.1 Å². The van der Waals surface area contributed by atoms with Crippen LogP contribution >= 0.6 is 0 Å². The minimum atomic E-state index is -0.847. The van der Waals surface area contributed by atoms with E-state index in [1.165, 1.54) is 0 Å². The molecule has 1 fully saturated rings. The summed E-state index contributed by atoms with van der Waals surface area (Å²) in [6, 6.07) is 2.90. The quantitative estimate of drug-likeness (QED) is 0.836. The number of rotatable bonds is 4. The first-order valence-corrected chi connectivity index (χ1v) is 5.50. The van der Waals surface area contributed by atoms with Gasteiger partial charge in [0.1, 0.15) is 11.6 Å². The SMILES string of the molecule is NCC1(CNC(=O)c2ccc(F)cc2F)CC1. The Balaban J connectivity index is 2.00. The van der Waals surface area contributed by atoms with Crippen LogP contribution in [0.4, 0.5) is 8.78 Å². The first-order chi connectivity index (χ1) is 8.06. The highest BCUT2D eigenvalue weighted by atomic mass is 19.1. The van der Waals surface area contributed by atoms with Gasteiger partial charge in [-0.05, 0) is 31.5 Å². The molecule has 1 aromatic rings. The predicted molar refractivity (Wildman–Crippen MR) is 59.4 cm³/mol. The second-order valence-electron chi connectivity index (χ2n) is 4.51. The molecule has 3 nitrogen and oxygen atoms in total. The second-order valence-corrected chi connectivity index (χ2v) is 4.51. The molecule has 3 N–H and O–H groups in total. The number of hydrogen-bond acceptors (Lipinski definition) is 2. The average molecular weight is 240 g/mol. The summed E-state index contributed by atoms with van der Waals surface area (Å²) in [5, 5.41) is 2.63. The number of halogens is 2. The van der Waals surface area contributed by atoms with Crippen molar-refractivity contribution in [2.75, 3.05) is 13.1 Å². The van der Waals surface area contributed by atoms with Gasteiger partial charge < -0.3 is 11.1 Å². The summed E-state index contributed by atoms with van der Waals surface area (Å²) in [4.78, 5) is 11.7. The number of nitrogens with two attached hydrogens (primary N) is 1. The van der Waals surface area contributed by atoms with E-state index in [4.69, 9.17) is 5.73 Å². The number of benzene rings is 1. The van der Waals surface area contributed by atoms with Crippen molar-refractivity contribution in [1.82, 2.24) is 5.32 Å². The summed E-state index contributed by atoms with van der Waals surface area (Å²) in [5.41, 5.74) is 5.42. The molecule has 92 valence electrons. The van der Waals surface area contributed by atoms with Crippen LogP contribution in [0, 0.1) is 17.0 Å². The smallest absolute Gasteiger partial charge is 0.254 e. The van der Waals surface area contributed by atoms with Gasteiger partial charge in [-0.15, -0.1) is 0 Å². The summed E-state index contributed by atoms with van der Waals surface area (Å²) in [6.45, 7) is 0.957. The van der Waals surface area contributed by atoms with Gasteiger partial charge >= 0.3 is 0 Å². The summed E-state index contributed by atoms with van der Waals surface area (Å²) in [6.07, 6.45) is 1.96. The molecule has 0 bridgehead atoms. The molecule has 17 heavy (non-hydrogen) atoms. The van der Waals surface area contributed by atoms with Crippen LogP contribution in [0.1, 0.15) is 23.2 Å². The van der Waals surface area contributed by atoms with Gasteiger partial charge in [-0.1, -0.05) is 0 Å². The van der Waals surface area contributed by atoms with Crippen LogP contribution in [0.5, 0.6) is 0 Å². The van der Waals surface area contributed by atoms with Crippen molar-refractivity contribution < 1.29 is 13.6 Å². The molecule has 0 aliphatic heterocycles. The third-order valence-electron chi connectivity index (χ3n) is 3.19. The first kappa shape index (κ1) is 12.0. The summed E-state index contributed by atoms with van der Waals surface area (Å²) in [7, 11) is 0. The molecular formula is C12H14F2N2O. The maximum Gasteiger partial charge on any atom is 0.254 e. The van der Waals surface area contributed by atoms with Crippen LogP contribution in [0.2, 0.25) is 0 Å². The van der Waals surface area contributed by atoms with Crippen LogP contribution in [-0.2, 0) is 0 Å². The highest BCUT2D eigenvalue weighted by Crippen LogP contribution is 2.43. The Morgan fingerprint density at radius 2 is 2.12 bits per heavy atom. The van der Waals surface area contributed by atoms with Crippen molar-refractivity contribution in [2.24, 2.45) is 11.1 Å². The van der Waals surface area contributed by atoms with E-state index >= 15 is 0 Å². The van der Waals surface area contributed by atoms with Crippen LogP contribution in [0.25, 0.3) is 0 Å². The van der Waals surface area contributed by atoms with E-state index in [1.807, 2.05) is 0 Å². The normalized spacial score (nSPS) is 16.6. The van der Waals surface area contributed by atoms with Crippen molar-refractivity contribution in [3.05, 3.63) is 35.4 Å². The number of nitrogens with one attached hydrogen (secondary N) is 1. The Labute approximate surface area is 98.0 Å². The van der Waals surface area contributed by atoms with E-state index in [0.717, 1.165) is 25.0 Å². The lowest BCUT2D eigenvalue weighted by Gasteiger charge is -2.13. The lowest BCUT2D eigenvalue weighted by molar-refractivity contribution is 0.0941. The van der Waals surface area contributed by atoms with Crippen molar-refractivity contribution in [1.29, 1.82) is 0 Å². The molecule has 1 aromatic carbocycles. The number of amides is 1. The van der Waals surface area contributed by atoms with Gasteiger partial charge in [-0.25, -0.2) is 8.78 Å². The highest BCUT2D eigenvalue weighted by molar-refractivity contribution is 5.94. The largest absolute Gasteiger partial charge is 0.351 e. The Hall–Kier alpha value is -1.49. The van der Waals surface area contributed by atoms with E-state index in [1.54, 1.807) is 0 Å². The summed E-state index contributed by atoms with van der Waals surface area (Å²) >= 11 is 0. The van der Waals surface area contributed by atoms with Gasteiger partial charge in [0.05, 0.1) is 5.56 Å². The van der Waals surface area contributed by atoms with Crippen LogP contribution in [-0.4, -0.2) is 19.0 Å². The van der Waals surface area contributed by atoms with E-state index < -0.39 is 17.5 Å². The van der Waals surface area contributed by atoms with Crippen molar-refractivity contribution in [2.45, 2.75) is 12.8 Å². The molecule has 1 amide bonds. The Bertz CT molecular complexity index is 444. The molecule has 0 saturated heterocycles. The minimum absolute atomic E-state index is 0.00777. The zero-order valence-corrected chi connectivity index (χ0v) is 9.30. The van der Waals surface area contributed by atoms with Crippen molar-refractivity contribution in [3.8, 4) is 0 Å². The average Bonchev–Trinajstić information content (AvgIpc) is 3.07. The zero-order valence-electron chi connectivity index (χ0n) is 9.30. The lowest BCUT2D eigenvalue weighted by Crippen LogP contribution is -2.34. The second kappa shape index (κ2) is 4.41. The topological polar surface area (TPSA) is 55.1 Å². The molecule has 0 spiro atoms. The fraction of sp³-hybridized carbons (Fsp3) is 0.417. The van der Waals surface area contributed by atoms with Crippen molar-refractivity contribution >= 4 is 5.91 Å². The van der Waals surface area contributed by atoms with Crippen LogP contribution in [0.3, 0.4) is 0 Å². The molecule has 0 heterocycles. The summed E-state index contributed by atoms with van der Waals surface area (Å²) < 4.78 is 26.0. The Kier molecular flexibility index (Phi) is 3.11. The van der Waals surface area contributed by atoms with E-state index in [-0.39, 0.29) is 11.0 Å². The molecular weight excluding hydrogens is 226 g/mol. The molecule has 1 aliphatic rings. The summed E-state index contributed by atoms with van der Waals surface area (Å²) in [5.74, 6) is -2.07. The third-order valence-corrected chi connectivity index (χ3v) is 3.19. The van der Waals surface area contributed by atoms with Crippen LogP contribution in [0.15, 0.2) is 18.2 Å². The predicted octanol–water partition coefficient (Wildman–Crippen LogP) is 1.43. The number of carbonyl (C=O) groups is 1. The zero-order chi connectivity index (χ0) is 12.5. The molecule has 2 rings (SSSR count). The Morgan fingerprint density at radius 3 is 2.65 bits per heavy atom. The first-order valence-electron chi connectivity index (χ1n) is 5.50. The molecule has 0 aromatic heterocycles. The molecule has 5 heteroatoms. The monoisotopic (exact) mass is 240 g/mol. The molecule has 1 aliphatic carbocycles. The molecule has 0 unspecified atom stereocenters. The van der Waals surface area contributed by atoms with Gasteiger partial charge in [0.2, 0.25) is 0 Å². The number of carbonyl (C=O) groups excluding carboxylic acids is 1. The van der Waals surface area contributed by atoms with Gasteiger partial charge in [-0.3, -0.25) is 4.79 Å².